The first-order chi connectivity index (χ1) is 11.9. The van der Waals surface area contributed by atoms with Crippen LogP contribution in [0.15, 0.2) is 35.5 Å². The van der Waals surface area contributed by atoms with E-state index in [0.29, 0.717) is 29.8 Å². The Morgan fingerprint density at radius 3 is 2.48 bits per heavy atom. The van der Waals surface area contributed by atoms with Gasteiger partial charge in [0.1, 0.15) is 0 Å². The molecule has 0 unspecified atom stereocenters. The third kappa shape index (κ3) is 3.78. The number of hydrogen-bond donors (Lipinski definition) is 1. The average Bonchev–Trinajstić information content (AvgIpc) is 2.59. The van der Waals surface area contributed by atoms with Gasteiger partial charge in [-0.05, 0) is 38.0 Å². The van der Waals surface area contributed by atoms with Gasteiger partial charge < -0.3 is 10.1 Å². The topological polar surface area (TPSA) is 102 Å². The predicted octanol–water partition coefficient (Wildman–Crippen LogP) is 2.91. The number of benzene rings is 1. The second-order valence-electron chi connectivity index (χ2n) is 5.61. The molecule has 0 fully saturated rings. The largest absolute Gasteiger partial charge is 0.462 e. The SMILES string of the molecule is CCCOC(=O)C1=C(C)N(CC)C(=O)N[C@H]1c1ccc([N+](=O)[O-])cc1. The first-order valence-corrected chi connectivity index (χ1v) is 8.10. The number of urea groups is 1. The van der Waals surface area contributed by atoms with E-state index in [1.165, 1.54) is 29.2 Å². The number of esters is 1. The van der Waals surface area contributed by atoms with Gasteiger partial charge >= 0.3 is 12.0 Å². The van der Waals surface area contributed by atoms with Crippen molar-refractivity contribution in [3.8, 4) is 0 Å². The molecule has 25 heavy (non-hydrogen) atoms. The number of carbonyl (C=O) groups excluding carboxylic acids is 2. The Bertz CT molecular complexity index is 711. The van der Waals surface area contributed by atoms with E-state index < -0.39 is 16.9 Å². The third-order valence-corrected chi connectivity index (χ3v) is 4.01. The van der Waals surface area contributed by atoms with Crippen LogP contribution in [-0.4, -0.2) is 35.0 Å². The molecule has 1 heterocycles. The number of carbonyl (C=O) groups is 2. The molecule has 0 saturated carbocycles. The van der Waals surface area contributed by atoms with Crippen molar-refractivity contribution in [2.45, 2.75) is 33.2 Å². The van der Waals surface area contributed by atoms with Crippen LogP contribution in [-0.2, 0) is 9.53 Å². The number of hydrogen-bond acceptors (Lipinski definition) is 5. The highest BCUT2D eigenvalue weighted by atomic mass is 16.6. The van der Waals surface area contributed by atoms with E-state index in [9.17, 15) is 19.7 Å². The number of nitro benzene ring substituents is 1. The van der Waals surface area contributed by atoms with E-state index in [4.69, 9.17) is 4.74 Å². The molecule has 0 saturated heterocycles. The molecule has 1 atom stereocenters. The molecule has 1 aliphatic heterocycles. The first kappa shape index (κ1) is 18.4. The third-order valence-electron chi connectivity index (χ3n) is 4.01. The van der Waals surface area contributed by atoms with Gasteiger partial charge in [-0.25, -0.2) is 9.59 Å². The van der Waals surface area contributed by atoms with Crippen molar-refractivity contribution in [2.24, 2.45) is 0 Å². The van der Waals surface area contributed by atoms with Crippen LogP contribution in [0, 0.1) is 10.1 Å². The minimum atomic E-state index is -0.708. The molecule has 8 heteroatoms. The zero-order valence-electron chi connectivity index (χ0n) is 14.4. The van der Waals surface area contributed by atoms with Gasteiger partial charge in [0.2, 0.25) is 0 Å². The van der Waals surface area contributed by atoms with Crippen LogP contribution < -0.4 is 5.32 Å². The van der Waals surface area contributed by atoms with E-state index >= 15 is 0 Å². The highest BCUT2D eigenvalue weighted by Gasteiger charge is 2.35. The Morgan fingerprint density at radius 1 is 1.32 bits per heavy atom. The van der Waals surface area contributed by atoms with Crippen LogP contribution >= 0.6 is 0 Å². The maximum absolute atomic E-state index is 12.5. The second-order valence-corrected chi connectivity index (χ2v) is 5.61. The lowest BCUT2D eigenvalue weighted by Crippen LogP contribution is -2.47. The fourth-order valence-electron chi connectivity index (χ4n) is 2.74. The molecule has 134 valence electrons. The monoisotopic (exact) mass is 347 g/mol. The first-order valence-electron chi connectivity index (χ1n) is 8.10. The van der Waals surface area contributed by atoms with Gasteiger partial charge in [0.05, 0.1) is 23.1 Å². The predicted molar refractivity (Wildman–Crippen MR) is 90.7 cm³/mol. The summed E-state index contributed by atoms with van der Waals surface area (Å²) in [7, 11) is 0. The van der Waals surface area contributed by atoms with Gasteiger partial charge in [-0.15, -0.1) is 0 Å². The van der Waals surface area contributed by atoms with E-state index in [0.717, 1.165) is 0 Å². The van der Waals surface area contributed by atoms with Crippen molar-refractivity contribution in [3.63, 3.8) is 0 Å². The fourth-order valence-corrected chi connectivity index (χ4v) is 2.74. The number of allylic oxidation sites excluding steroid dienone is 1. The molecule has 1 aliphatic rings. The lowest BCUT2D eigenvalue weighted by molar-refractivity contribution is -0.384. The maximum atomic E-state index is 12.5. The van der Waals surface area contributed by atoms with E-state index in [1.54, 1.807) is 6.92 Å². The number of amides is 2. The molecule has 1 aromatic rings. The van der Waals surface area contributed by atoms with Gasteiger partial charge in [-0.3, -0.25) is 15.0 Å². The molecule has 2 amide bonds. The average molecular weight is 347 g/mol. The number of ether oxygens (including phenoxy) is 1. The van der Waals surface area contributed by atoms with Crippen molar-refractivity contribution in [1.29, 1.82) is 0 Å². The molecule has 0 radical (unpaired) electrons. The highest BCUT2D eigenvalue weighted by molar-refractivity contribution is 5.95. The Labute approximate surface area is 145 Å². The van der Waals surface area contributed by atoms with Crippen molar-refractivity contribution in [1.82, 2.24) is 10.2 Å². The van der Waals surface area contributed by atoms with Crippen molar-refractivity contribution in [3.05, 3.63) is 51.2 Å². The van der Waals surface area contributed by atoms with E-state index in [1.807, 2.05) is 13.8 Å². The molecule has 0 spiro atoms. The van der Waals surface area contributed by atoms with Crippen LogP contribution in [0.5, 0.6) is 0 Å². The molecular formula is C17H21N3O5. The normalized spacial score (nSPS) is 17.3. The zero-order valence-corrected chi connectivity index (χ0v) is 14.4. The van der Waals surface area contributed by atoms with Gasteiger partial charge in [-0.1, -0.05) is 6.92 Å². The van der Waals surface area contributed by atoms with Crippen LogP contribution in [0.4, 0.5) is 10.5 Å². The summed E-state index contributed by atoms with van der Waals surface area (Å²) >= 11 is 0. The van der Waals surface area contributed by atoms with Crippen molar-refractivity contribution < 1.29 is 19.2 Å². The Kier molecular flexibility index (Phi) is 5.74. The van der Waals surface area contributed by atoms with Gasteiger partial charge in [0, 0.05) is 24.4 Å². The van der Waals surface area contributed by atoms with E-state index in [2.05, 4.69) is 5.32 Å². The van der Waals surface area contributed by atoms with Gasteiger partial charge in [-0.2, -0.15) is 0 Å². The summed E-state index contributed by atoms with van der Waals surface area (Å²) in [6.45, 7) is 6.09. The number of nitro groups is 1. The molecular weight excluding hydrogens is 326 g/mol. The van der Waals surface area contributed by atoms with Crippen LogP contribution in [0.2, 0.25) is 0 Å². The smallest absolute Gasteiger partial charge is 0.338 e. The molecule has 1 N–H and O–H groups in total. The quantitative estimate of drug-likeness (QED) is 0.484. The summed E-state index contributed by atoms with van der Waals surface area (Å²) in [5.74, 6) is -0.499. The summed E-state index contributed by atoms with van der Waals surface area (Å²) in [5, 5.41) is 13.6. The summed E-state index contributed by atoms with van der Waals surface area (Å²) in [5.41, 5.74) is 1.38. The number of non-ortho nitro benzene ring substituents is 1. The summed E-state index contributed by atoms with van der Waals surface area (Å²) < 4.78 is 5.26. The standard InChI is InChI=1S/C17H21N3O5/c1-4-10-25-16(21)14-11(3)19(5-2)17(22)18-15(14)12-6-8-13(9-7-12)20(23)24/h6-9,15H,4-5,10H2,1-3H3,(H,18,22)/t15-/m0/s1. The van der Waals surface area contributed by atoms with Crippen molar-refractivity contribution >= 4 is 17.7 Å². The summed E-state index contributed by atoms with van der Waals surface area (Å²) in [6, 6.07) is 4.72. The minimum absolute atomic E-state index is 0.0584. The maximum Gasteiger partial charge on any atom is 0.338 e. The summed E-state index contributed by atoms with van der Waals surface area (Å²) in [6.07, 6.45) is 0.685. The molecule has 1 aromatic carbocycles. The molecule has 0 bridgehead atoms. The Balaban J connectivity index is 2.45. The summed E-state index contributed by atoms with van der Waals surface area (Å²) in [4.78, 5) is 36.6. The van der Waals surface area contributed by atoms with Crippen molar-refractivity contribution in [2.75, 3.05) is 13.2 Å². The number of nitrogens with zero attached hydrogens (tertiary/aromatic N) is 2. The van der Waals surface area contributed by atoms with Crippen LogP contribution in [0.25, 0.3) is 0 Å². The Morgan fingerprint density at radius 2 is 1.96 bits per heavy atom. The highest BCUT2D eigenvalue weighted by Crippen LogP contribution is 2.32. The fraction of sp³-hybridized carbons (Fsp3) is 0.412. The molecule has 0 aromatic heterocycles. The number of nitrogens with one attached hydrogen (secondary N) is 1. The lowest BCUT2D eigenvalue weighted by Gasteiger charge is -2.34. The van der Waals surface area contributed by atoms with Crippen LogP contribution in [0.3, 0.4) is 0 Å². The van der Waals surface area contributed by atoms with Gasteiger partial charge in [0.25, 0.3) is 5.69 Å². The second kappa shape index (κ2) is 7.78. The molecule has 0 aliphatic carbocycles. The lowest BCUT2D eigenvalue weighted by atomic mass is 9.94. The van der Waals surface area contributed by atoms with Crippen LogP contribution in [0.1, 0.15) is 38.8 Å². The number of rotatable bonds is 6. The minimum Gasteiger partial charge on any atom is -0.462 e. The Hall–Kier alpha value is -2.90. The van der Waals surface area contributed by atoms with E-state index in [-0.39, 0.29) is 18.3 Å². The molecule has 8 nitrogen and oxygen atoms in total. The van der Waals surface area contributed by atoms with Gasteiger partial charge in [0.15, 0.2) is 0 Å². The molecule has 2 rings (SSSR count). The zero-order chi connectivity index (χ0) is 18.6.